The number of carbonyl (C=O) groups excluding carboxylic acids is 1. The van der Waals surface area contributed by atoms with Gasteiger partial charge in [-0.3, -0.25) is 4.79 Å². The lowest BCUT2D eigenvalue weighted by atomic mass is 9.85. The summed E-state index contributed by atoms with van der Waals surface area (Å²) in [5.41, 5.74) is 0.302. The molecule has 0 aliphatic heterocycles. The van der Waals surface area contributed by atoms with E-state index in [-0.39, 0.29) is 18.0 Å². The molecule has 0 heterocycles. The molecular formula is C21H29NO2. The maximum Gasteiger partial charge on any atom is 0.255 e. The Hall–Kier alpha value is -1.87. The third-order valence-corrected chi connectivity index (χ3v) is 4.76. The van der Waals surface area contributed by atoms with Crippen molar-refractivity contribution in [3.05, 3.63) is 47.5 Å². The molecule has 0 fully saturated rings. The third kappa shape index (κ3) is 3.32. The van der Waals surface area contributed by atoms with Crippen LogP contribution >= 0.6 is 0 Å². The lowest BCUT2D eigenvalue weighted by Crippen LogP contribution is -2.43. The Kier molecular flexibility index (Phi) is 5.34. The van der Waals surface area contributed by atoms with Crippen molar-refractivity contribution < 1.29 is 9.90 Å². The molecule has 0 spiro atoms. The Morgan fingerprint density at radius 3 is 2.21 bits per heavy atom. The molecule has 0 saturated carbocycles. The smallest absolute Gasteiger partial charge is 0.255 e. The SMILES string of the molecule is CC[C@@](C)(O)c1ccc2ccccc2c1C(=O)N(C(C)C)C(C)C. The standard InChI is InChI=1S/C21H29NO2/c1-7-21(6,24)18-13-12-16-10-8-9-11-17(16)19(18)20(23)22(14(2)3)15(4)5/h8-15,24H,7H2,1-6H3/t21-/m1/s1. The third-order valence-electron chi connectivity index (χ3n) is 4.76. The molecule has 1 amide bonds. The summed E-state index contributed by atoms with van der Waals surface area (Å²) in [6.07, 6.45) is 0.551. The second-order valence-electron chi connectivity index (χ2n) is 7.24. The zero-order valence-corrected chi connectivity index (χ0v) is 15.6. The van der Waals surface area contributed by atoms with Crippen LogP contribution in [0.5, 0.6) is 0 Å². The van der Waals surface area contributed by atoms with Crippen LogP contribution in [0.3, 0.4) is 0 Å². The van der Waals surface area contributed by atoms with Gasteiger partial charge in [0, 0.05) is 12.1 Å². The fourth-order valence-electron chi connectivity index (χ4n) is 3.34. The predicted molar refractivity (Wildman–Crippen MR) is 100 cm³/mol. The van der Waals surface area contributed by atoms with Gasteiger partial charge >= 0.3 is 0 Å². The Morgan fingerprint density at radius 2 is 1.67 bits per heavy atom. The van der Waals surface area contributed by atoms with E-state index in [1.165, 1.54) is 0 Å². The summed E-state index contributed by atoms with van der Waals surface area (Å²) in [6, 6.07) is 12.0. The van der Waals surface area contributed by atoms with Crippen molar-refractivity contribution in [1.82, 2.24) is 4.90 Å². The molecule has 1 N–H and O–H groups in total. The summed E-state index contributed by atoms with van der Waals surface area (Å²) in [4.78, 5) is 15.3. The van der Waals surface area contributed by atoms with Crippen LogP contribution in [-0.4, -0.2) is 28.0 Å². The molecular weight excluding hydrogens is 298 g/mol. The molecule has 1 atom stereocenters. The van der Waals surface area contributed by atoms with Crippen LogP contribution < -0.4 is 0 Å². The number of benzene rings is 2. The van der Waals surface area contributed by atoms with Crippen molar-refractivity contribution in [3.8, 4) is 0 Å². The first-order valence-electron chi connectivity index (χ1n) is 8.78. The van der Waals surface area contributed by atoms with E-state index in [1.54, 1.807) is 6.92 Å². The average Bonchev–Trinajstić information content (AvgIpc) is 2.52. The van der Waals surface area contributed by atoms with Gasteiger partial charge in [-0.2, -0.15) is 0 Å². The highest BCUT2D eigenvalue weighted by atomic mass is 16.3. The first-order valence-corrected chi connectivity index (χ1v) is 8.78. The van der Waals surface area contributed by atoms with Gasteiger partial charge in [0.05, 0.1) is 11.2 Å². The summed E-state index contributed by atoms with van der Waals surface area (Å²) in [5.74, 6) is -0.0134. The summed E-state index contributed by atoms with van der Waals surface area (Å²) in [5, 5.41) is 12.8. The molecule has 0 aliphatic carbocycles. The molecule has 130 valence electrons. The minimum Gasteiger partial charge on any atom is -0.385 e. The van der Waals surface area contributed by atoms with Crippen LogP contribution in [0.15, 0.2) is 36.4 Å². The van der Waals surface area contributed by atoms with E-state index in [2.05, 4.69) is 0 Å². The van der Waals surface area contributed by atoms with Gasteiger partial charge in [-0.15, -0.1) is 0 Å². The maximum atomic E-state index is 13.4. The van der Waals surface area contributed by atoms with E-state index in [4.69, 9.17) is 0 Å². The van der Waals surface area contributed by atoms with Crippen LogP contribution in [0.4, 0.5) is 0 Å². The summed E-state index contributed by atoms with van der Waals surface area (Å²) in [7, 11) is 0. The van der Waals surface area contributed by atoms with Gasteiger partial charge < -0.3 is 10.0 Å². The number of hydrogen-bond donors (Lipinski definition) is 1. The molecule has 3 nitrogen and oxygen atoms in total. The lowest BCUT2D eigenvalue weighted by molar-refractivity contribution is 0.0476. The highest BCUT2D eigenvalue weighted by Gasteiger charge is 2.31. The van der Waals surface area contributed by atoms with Crippen LogP contribution in [0.1, 0.15) is 63.9 Å². The van der Waals surface area contributed by atoms with E-state index in [9.17, 15) is 9.90 Å². The first kappa shape index (κ1) is 18.5. The minimum absolute atomic E-state index is 0.0134. The van der Waals surface area contributed by atoms with Gasteiger partial charge in [-0.1, -0.05) is 43.3 Å². The van der Waals surface area contributed by atoms with Gasteiger partial charge in [0.1, 0.15) is 0 Å². The maximum absolute atomic E-state index is 13.4. The number of carbonyl (C=O) groups is 1. The number of hydrogen-bond acceptors (Lipinski definition) is 2. The molecule has 3 heteroatoms. The second-order valence-corrected chi connectivity index (χ2v) is 7.24. The number of fused-ring (bicyclic) bond motifs is 1. The quantitative estimate of drug-likeness (QED) is 0.863. The van der Waals surface area contributed by atoms with Crippen molar-refractivity contribution in [2.75, 3.05) is 0 Å². The summed E-state index contributed by atoms with van der Waals surface area (Å²) in [6.45, 7) is 11.8. The first-order chi connectivity index (χ1) is 11.2. The monoisotopic (exact) mass is 327 g/mol. The van der Waals surface area contributed by atoms with E-state index in [1.807, 2.05) is 75.9 Å². The van der Waals surface area contributed by atoms with Crippen LogP contribution in [-0.2, 0) is 5.60 Å². The van der Waals surface area contributed by atoms with Gasteiger partial charge in [-0.25, -0.2) is 0 Å². The Bertz CT molecular complexity index is 724. The average molecular weight is 327 g/mol. The van der Waals surface area contributed by atoms with E-state index in [0.717, 1.165) is 10.8 Å². The molecule has 0 aromatic heterocycles. The van der Waals surface area contributed by atoms with Crippen molar-refractivity contribution in [3.63, 3.8) is 0 Å². The van der Waals surface area contributed by atoms with Crippen molar-refractivity contribution >= 4 is 16.7 Å². The van der Waals surface area contributed by atoms with Crippen molar-refractivity contribution in [2.24, 2.45) is 0 Å². The summed E-state index contributed by atoms with van der Waals surface area (Å²) < 4.78 is 0. The Balaban J connectivity index is 2.78. The number of nitrogens with zero attached hydrogens (tertiary/aromatic N) is 1. The molecule has 2 aromatic rings. The Morgan fingerprint density at radius 1 is 1.08 bits per heavy atom. The molecule has 2 rings (SSSR count). The van der Waals surface area contributed by atoms with Crippen LogP contribution in [0.2, 0.25) is 0 Å². The molecule has 2 aromatic carbocycles. The molecule has 0 unspecified atom stereocenters. The normalized spacial score (nSPS) is 14.2. The van der Waals surface area contributed by atoms with Gasteiger partial charge in [0.15, 0.2) is 0 Å². The molecule has 0 radical (unpaired) electrons. The van der Waals surface area contributed by atoms with Gasteiger partial charge in [-0.05, 0) is 57.4 Å². The fourth-order valence-corrected chi connectivity index (χ4v) is 3.34. The molecule has 0 saturated heterocycles. The zero-order valence-electron chi connectivity index (χ0n) is 15.6. The molecule has 0 bridgehead atoms. The predicted octanol–water partition coefficient (Wildman–Crippen LogP) is 4.72. The number of aliphatic hydroxyl groups is 1. The Labute approximate surface area is 145 Å². The number of rotatable bonds is 5. The number of amides is 1. The van der Waals surface area contributed by atoms with Crippen molar-refractivity contribution in [1.29, 1.82) is 0 Å². The minimum atomic E-state index is -1.03. The van der Waals surface area contributed by atoms with Crippen LogP contribution in [0.25, 0.3) is 10.8 Å². The molecule has 0 aliphatic rings. The zero-order chi connectivity index (χ0) is 18.1. The molecule has 24 heavy (non-hydrogen) atoms. The lowest BCUT2D eigenvalue weighted by Gasteiger charge is -2.34. The van der Waals surface area contributed by atoms with Gasteiger partial charge in [0.25, 0.3) is 5.91 Å². The fraction of sp³-hybridized carbons (Fsp3) is 0.476. The van der Waals surface area contributed by atoms with E-state index >= 15 is 0 Å². The topological polar surface area (TPSA) is 40.5 Å². The highest BCUT2D eigenvalue weighted by Crippen LogP contribution is 2.33. The summed E-state index contributed by atoms with van der Waals surface area (Å²) >= 11 is 0. The van der Waals surface area contributed by atoms with Gasteiger partial charge in [0.2, 0.25) is 0 Å². The second kappa shape index (κ2) is 6.94. The van der Waals surface area contributed by atoms with E-state index < -0.39 is 5.60 Å². The van der Waals surface area contributed by atoms with E-state index in [0.29, 0.717) is 17.5 Å². The van der Waals surface area contributed by atoms with Crippen LogP contribution in [0, 0.1) is 0 Å². The van der Waals surface area contributed by atoms with Crippen molar-refractivity contribution in [2.45, 2.75) is 65.6 Å². The highest BCUT2D eigenvalue weighted by molar-refractivity contribution is 6.08. The largest absolute Gasteiger partial charge is 0.385 e.